The van der Waals surface area contributed by atoms with E-state index in [1.807, 2.05) is 24.3 Å². The Balaban J connectivity index is 1.50. The molecule has 0 saturated heterocycles. The molecular weight excluding hydrogens is 444 g/mol. The Morgan fingerprint density at radius 2 is 1.14 bits per heavy atom. The zero-order valence-electron chi connectivity index (χ0n) is 19.1. The zero-order valence-corrected chi connectivity index (χ0v) is 19.1. The van der Waals surface area contributed by atoms with Crippen LogP contribution >= 0.6 is 0 Å². The van der Waals surface area contributed by atoms with Gasteiger partial charge in [-0.1, -0.05) is 31.5 Å². The number of rotatable bonds is 7. The summed E-state index contributed by atoms with van der Waals surface area (Å²) in [4.78, 5) is 24.7. The van der Waals surface area contributed by atoms with Crippen LogP contribution in [0.4, 0.5) is 0 Å². The van der Waals surface area contributed by atoms with Crippen molar-refractivity contribution in [3.63, 3.8) is 0 Å². The SMILES string of the molecule is CCCc1cc(OC(=O)c2ccc(O)cc2)ccc1-c1ccc(OC(=O)c2ccc(O)cc2)cc1. The topological polar surface area (TPSA) is 93.1 Å². The number of esters is 2. The van der Waals surface area contributed by atoms with Crippen molar-refractivity contribution < 1.29 is 29.3 Å². The predicted molar refractivity (Wildman–Crippen MR) is 132 cm³/mol. The molecule has 2 N–H and O–H groups in total. The molecule has 35 heavy (non-hydrogen) atoms. The van der Waals surface area contributed by atoms with Gasteiger partial charge in [-0.3, -0.25) is 0 Å². The molecule has 0 saturated carbocycles. The monoisotopic (exact) mass is 468 g/mol. The first kappa shape index (κ1) is 23.6. The van der Waals surface area contributed by atoms with E-state index < -0.39 is 11.9 Å². The fourth-order valence-corrected chi connectivity index (χ4v) is 3.62. The fourth-order valence-electron chi connectivity index (χ4n) is 3.62. The normalized spacial score (nSPS) is 10.5. The molecule has 0 aliphatic rings. The molecule has 0 fully saturated rings. The van der Waals surface area contributed by atoms with E-state index in [0.29, 0.717) is 22.6 Å². The van der Waals surface area contributed by atoms with E-state index >= 15 is 0 Å². The van der Waals surface area contributed by atoms with Gasteiger partial charge in [0.15, 0.2) is 0 Å². The minimum atomic E-state index is -0.510. The summed E-state index contributed by atoms with van der Waals surface area (Å²) in [6, 6.07) is 24.4. The van der Waals surface area contributed by atoms with Crippen LogP contribution in [0.2, 0.25) is 0 Å². The van der Waals surface area contributed by atoms with E-state index in [0.717, 1.165) is 29.5 Å². The Hall–Kier alpha value is -4.58. The predicted octanol–water partition coefficient (Wildman–Crippen LogP) is 6.16. The number of hydrogen-bond acceptors (Lipinski definition) is 6. The van der Waals surface area contributed by atoms with Crippen LogP contribution in [0.15, 0.2) is 91.0 Å². The van der Waals surface area contributed by atoms with Gasteiger partial charge in [0, 0.05) is 0 Å². The lowest BCUT2D eigenvalue weighted by Crippen LogP contribution is -2.08. The van der Waals surface area contributed by atoms with Crippen molar-refractivity contribution >= 4 is 11.9 Å². The maximum absolute atomic E-state index is 12.4. The van der Waals surface area contributed by atoms with Crippen molar-refractivity contribution in [2.45, 2.75) is 19.8 Å². The molecule has 0 unspecified atom stereocenters. The van der Waals surface area contributed by atoms with Crippen LogP contribution in [-0.4, -0.2) is 22.2 Å². The Kier molecular flexibility index (Phi) is 7.12. The molecule has 0 heterocycles. The van der Waals surface area contributed by atoms with Gasteiger partial charge in [-0.05, 0) is 95.9 Å². The summed E-state index contributed by atoms with van der Waals surface area (Å²) < 4.78 is 11.0. The largest absolute Gasteiger partial charge is 0.508 e. The standard InChI is InChI=1S/C29H24O6/c1-2-3-22-18-26(35-29(33)21-6-12-24(31)13-7-21)16-17-27(22)19-8-14-25(15-9-19)34-28(32)20-4-10-23(30)11-5-20/h4-18,30-31H,2-3H2,1H3. The minimum absolute atomic E-state index is 0.0786. The van der Waals surface area contributed by atoms with Crippen LogP contribution in [-0.2, 0) is 6.42 Å². The Morgan fingerprint density at radius 1 is 0.657 bits per heavy atom. The molecule has 4 aromatic carbocycles. The van der Waals surface area contributed by atoms with Crippen LogP contribution < -0.4 is 9.47 Å². The van der Waals surface area contributed by atoms with Crippen molar-refractivity contribution in [1.82, 2.24) is 0 Å². The van der Waals surface area contributed by atoms with E-state index in [-0.39, 0.29) is 11.5 Å². The number of carbonyl (C=O) groups is 2. The van der Waals surface area contributed by atoms with Gasteiger partial charge < -0.3 is 19.7 Å². The van der Waals surface area contributed by atoms with Crippen molar-refractivity contribution in [2.75, 3.05) is 0 Å². The molecule has 6 nitrogen and oxygen atoms in total. The van der Waals surface area contributed by atoms with E-state index in [4.69, 9.17) is 9.47 Å². The number of phenolic OH excluding ortho intramolecular Hbond substituents is 2. The Morgan fingerprint density at radius 3 is 1.66 bits per heavy atom. The maximum atomic E-state index is 12.4. The van der Waals surface area contributed by atoms with Crippen LogP contribution in [0.25, 0.3) is 11.1 Å². The molecule has 0 aliphatic heterocycles. The second-order valence-corrected chi connectivity index (χ2v) is 7.97. The number of carbonyl (C=O) groups excluding carboxylic acids is 2. The summed E-state index contributed by atoms with van der Waals surface area (Å²) in [5.41, 5.74) is 3.65. The lowest BCUT2D eigenvalue weighted by atomic mass is 9.96. The number of aromatic hydroxyl groups is 2. The van der Waals surface area contributed by atoms with Crippen molar-refractivity contribution in [3.05, 3.63) is 108 Å². The molecule has 176 valence electrons. The quantitative estimate of drug-likeness (QED) is 0.249. The summed E-state index contributed by atoms with van der Waals surface area (Å²) in [5.74, 6) is -0.00514. The molecule has 0 radical (unpaired) electrons. The first-order valence-corrected chi connectivity index (χ1v) is 11.2. The van der Waals surface area contributed by atoms with Crippen LogP contribution in [0.5, 0.6) is 23.0 Å². The molecule has 4 aromatic rings. The van der Waals surface area contributed by atoms with Crippen LogP contribution in [0, 0.1) is 0 Å². The van der Waals surface area contributed by atoms with E-state index in [2.05, 4.69) is 6.92 Å². The molecule has 0 spiro atoms. The third kappa shape index (κ3) is 5.86. The number of ether oxygens (including phenoxy) is 2. The van der Waals surface area contributed by atoms with Crippen molar-refractivity contribution in [1.29, 1.82) is 0 Å². The lowest BCUT2D eigenvalue weighted by Gasteiger charge is -2.13. The highest BCUT2D eigenvalue weighted by Crippen LogP contribution is 2.30. The second-order valence-electron chi connectivity index (χ2n) is 7.97. The van der Waals surface area contributed by atoms with Gasteiger partial charge in [0.05, 0.1) is 11.1 Å². The van der Waals surface area contributed by atoms with Gasteiger partial charge in [-0.2, -0.15) is 0 Å². The average molecular weight is 469 g/mol. The Bertz CT molecular complexity index is 1320. The van der Waals surface area contributed by atoms with Crippen LogP contribution in [0.3, 0.4) is 0 Å². The van der Waals surface area contributed by atoms with Crippen molar-refractivity contribution in [2.24, 2.45) is 0 Å². The Labute approximate surface area is 203 Å². The third-order valence-corrected chi connectivity index (χ3v) is 5.39. The molecule has 0 aliphatic carbocycles. The minimum Gasteiger partial charge on any atom is -0.508 e. The number of hydrogen-bond donors (Lipinski definition) is 2. The third-order valence-electron chi connectivity index (χ3n) is 5.39. The molecule has 0 aromatic heterocycles. The molecule has 0 amide bonds. The fraction of sp³-hybridized carbons (Fsp3) is 0.103. The van der Waals surface area contributed by atoms with Crippen LogP contribution in [0.1, 0.15) is 39.6 Å². The van der Waals surface area contributed by atoms with Gasteiger partial charge in [0.2, 0.25) is 0 Å². The summed E-state index contributed by atoms with van der Waals surface area (Å²) in [7, 11) is 0. The molecular formula is C29H24O6. The van der Waals surface area contributed by atoms with Gasteiger partial charge in [0.25, 0.3) is 0 Å². The van der Waals surface area contributed by atoms with Gasteiger partial charge in [-0.25, -0.2) is 9.59 Å². The highest BCUT2D eigenvalue weighted by Gasteiger charge is 2.13. The summed E-state index contributed by atoms with van der Waals surface area (Å²) in [6.45, 7) is 2.07. The molecule has 4 rings (SSSR count). The molecule has 0 atom stereocenters. The smallest absolute Gasteiger partial charge is 0.343 e. The first-order chi connectivity index (χ1) is 16.9. The van der Waals surface area contributed by atoms with Gasteiger partial charge in [-0.15, -0.1) is 0 Å². The average Bonchev–Trinajstić information content (AvgIpc) is 2.86. The first-order valence-electron chi connectivity index (χ1n) is 11.2. The van der Waals surface area contributed by atoms with E-state index in [9.17, 15) is 19.8 Å². The van der Waals surface area contributed by atoms with E-state index in [1.54, 1.807) is 18.2 Å². The number of aryl methyl sites for hydroxylation is 1. The zero-order chi connectivity index (χ0) is 24.8. The summed E-state index contributed by atoms with van der Waals surface area (Å²) >= 11 is 0. The highest BCUT2D eigenvalue weighted by atomic mass is 16.5. The lowest BCUT2D eigenvalue weighted by molar-refractivity contribution is 0.0725. The maximum Gasteiger partial charge on any atom is 0.343 e. The molecule has 6 heteroatoms. The molecule has 0 bridgehead atoms. The highest BCUT2D eigenvalue weighted by molar-refractivity contribution is 5.92. The second kappa shape index (κ2) is 10.6. The van der Waals surface area contributed by atoms with Gasteiger partial charge in [0.1, 0.15) is 23.0 Å². The number of benzene rings is 4. The van der Waals surface area contributed by atoms with Gasteiger partial charge >= 0.3 is 11.9 Å². The summed E-state index contributed by atoms with van der Waals surface area (Å²) in [6.07, 6.45) is 1.70. The number of phenols is 2. The summed E-state index contributed by atoms with van der Waals surface area (Å²) in [5, 5.41) is 18.8. The van der Waals surface area contributed by atoms with Crippen molar-refractivity contribution in [3.8, 4) is 34.1 Å². The van der Waals surface area contributed by atoms with E-state index in [1.165, 1.54) is 48.5 Å².